The van der Waals surface area contributed by atoms with Crippen LogP contribution < -0.4 is 0 Å². The molecule has 0 fully saturated rings. The summed E-state index contributed by atoms with van der Waals surface area (Å²) in [6.45, 7) is 0. The molecule has 0 radical (unpaired) electrons. The Bertz CT molecular complexity index is 2710. The van der Waals surface area contributed by atoms with Gasteiger partial charge in [0.1, 0.15) is 11.3 Å². The Labute approximate surface area is 245 Å². The molecule has 10 aromatic rings. The summed E-state index contributed by atoms with van der Waals surface area (Å²) in [5.74, 6) is 0. The van der Waals surface area contributed by atoms with Crippen molar-refractivity contribution in [3.63, 3.8) is 0 Å². The normalized spacial score (nSPS) is 12.2. The molecule has 0 saturated heterocycles. The first-order valence-electron chi connectivity index (χ1n) is 14.5. The van der Waals surface area contributed by atoms with E-state index in [1.165, 1.54) is 43.6 Å². The lowest BCUT2D eigenvalue weighted by molar-refractivity contribution is 1.17. The summed E-state index contributed by atoms with van der Waals surface area (Å²) in [6.07, 6.45) is 5.73. The van der Waals surface area contributed by atoms with Gasteiger partial charge in [0.05, 0.1) is 22.1 Å². The smallest absolute Gasteiger partial charge is 0.146 e. The van der Waals surface area contributed by atoms with Crippen molar-refractivity contribution < 1.29 is 0 Å². The maximum atomic E-state index is 4.82. The van der Waals surface area contributed by atoms with Gasteiger partial charge in [0.15, 0.2) is 0 Å². The molecule has 0 amide bonds. The summed E-state index contributed by atoms with van der Waals surface area (Å²) >= 11 is 0. The van der Waals surface area contributed by atoms with Crippen molar-refractivity contribution in [2.75, 3.05) is 0 Å². The molecular formula is C38H23N5. The number of benzene rings is 5. The van der Waals surface area contributed by atoms with Crippen LogP contribution in [0.1, 0.15) is 0 Å². The minimum atomic E-state index is 0.914. The van der Waals surface area contributed by atoms with Crippen LogP contribution in [-0.4, -0.2) is 23.5 Å². The Morgan fingerprint density at radius 3 is 1.77 bits per heavy atom. The first kappa shape index (κ1) is 22.7. The van der Waals surface area contributed by atoms with E-state index in [1.54, 1.807) is 0 Å². The maximum absolute atomic E-state index is 4.82. The van der Waals surface area contributed by atoms with Crippen molar-refractivity contribution in [2.24, 2.45) is 0 Å². The number of para-hydroxylation sites is 3. The zero-order valence-corrected chi connectivity index (χ0v) is 23.0. The van der Waals surface area contributed by atoms with Crippen LogP contribution in [0.2, 0.25) is 0 Å². The van der Waals surface area contributed by atoms with E-state index in [0.717, 1.165) is 38.8 Å². The van der Waals surface area contributed by atoms with E-state index >= 15 is 0 Å². The second-order valence-corrected chi connectivity index (χ2v) is 11.1. The average Bonchev–Trinajstić information content (AvgIpc) is 3.78. The van der Waals surface area contributed by atoms with Crippen molar-refractivity contribution in [2.45, 2.75) is 0 Å². The molecule has 43 heavy (non-hydrogen) atoms. The Balaban J connectivity index is 1.49. The molecule has 5 heteroatoms. The van der Waals surface area contributed by atoms with Crippen molar-refractivity contribution in [3.05, 3.63) is 140 Å². The number of pyridine rings is 2. The Morgan fingerprint density at radius 1 is 0.395 bits per heavy atom. The van der Waals surface area contributed by atoms with Gasteiger partial charge in [-0.2, -0.15) is 0 Å². The van der Waals surface area contributed by atoms with Crippen LogP contribution in [0.15, 0.2) is 140 Å². The molecule has 0 aliphatic carbocycles. The highest BCUT2D eigenvalue weighted by Crippen LogP contribution is 2.44. The lowest BCUT2D eigenvalue weighted by Gasteiger charge is -2.10. The van der Waals surface area contributed by atoms with Crippen LogP contribution in [0, 0.1) is 0 Å². The van der Waals surface area contributed by atoms with Gasteiger partial charge in [-0.15, -0.1) is 0 Å². The minimum Gasteiger partial charge on any atom is -0.309 e. The highest BCUT2D eigenvalue weighted by atomic mass is 15.0. The third kappa shape index (κ3) is 2.95. The van der Waals surface area contributed by atoms with E-state index in [9.17, 15) is 0 Å². The molecule has 0 N–H and O–H groups in total. The highest BCUT2D eigenvalue weighted by Gasteiger charge is 2.22. The summed E-state index contributed by atoms with van der Waals surface area (Å²) in [5, 5.41) is 8.35. The summed E-state index contributed by atoms with van der Waals surface area (Å²) in [6, 6.07) is 43.6. The molecule has 200 valence electrons. The third-order valence-corrected chi connectivity index (χ3v) is 8.92. The zero-order valence-electron chi connectivity index (χ0n) is 23.0. The Morgan fingerprint density at radius 2 is 1.00 bits per heavy atom. The average molecular weight is 550 g/mol. The predicted molar refractivity (Wildman–Crippen MR) is 177 cm³/mol. The van der Waals surface area contributed by atoms with Gasteiger partial charge in [-0.25, -0.2) is 9.97 Å². The van der Waals surface area contributed by atoms with E-state index in [0.29, 0.717) is 0 Å². The molecule has 10 rings (SSSR count). The van der Waals surface area contributed by atoms with Gasteiger partial charge in [-0.3, -0.25) is 4.40 Å². The van der Waals surface area contributed by atoms with E-state index in [2.05, 4.69) is 129 Å². The third-order valence-electron chi connectivity index (χ3n) is 8.92. The van der Waals surface area contributed by atoms with Gasteiger partial charge in [0.2, 0.25) is 0 Å². The number of hydrogen-bond acceptors (Lipinski definition) is 2. The second-order valence-electron chi connectivity index (χ2n) is 11.1. The molecule has 0 atom stereocenters. The molecule has 0 saturated carbocycles. The molecule has 0 spiro atoms. The molecule has 0 aliphatic rings. The fourth-order valence-electron chi connectivity index (χ4n) is 7.20. The highest BCUT2D eigenvalue weighted by molar-refractivity contribution is 6.31. The number of aromatic nitrogens is 5. The van der Waals surface area contributed by atoms with E-state index in [4.69, 9.17) is 9.97 Å². The van der Waals surface area contributed by atoms with Crippen LogP contribution in [0.5, 0.6) is 0 Å². The van der Waals surface area contributed by atoms with Gasteiger partial charge >= 0.3 is 0 Å². The maximum Gasteiger partial charge on any atom is 0.146 e. The van der Waals surface area contributed by atoms with Crippen LogP contribution in [-0.2, 0) is 0 Å². The number of rotatable bonds is 2. The lowest BCUT2D eigenvalue weighted by Crippen LogP contribution is -1.95. The van der Waals surface area contributed by atoms with E-state index in [-0.39, 0.29) is 0 Å². The molecule has 5 aromatic carbocycles. The first-order valence-corrected chi connectivity index (χ1v) is 14.5. The zero-order chi connectivity index (χ0) is 28.1. The number of hydrogen-bond donors (Lipinski definition) is 0. The molecule has 5 nitrogen and oxygen atoms in total. The molecule has 5 heterocycles. The predicted octanol–water partition coefficient (Wildman–Crippen LogP) is 9.23. The Hall–Kier alpha value is -5.94. The topological polar surface area (TPSA) is 40.0 Å². The van der Waals surface area contributed by atoms with Crippen molar-refractivity contribution in [1.82, 2.24) is 23.5 Å². The minimum absolute atomic E-state index is 0.914. The molecule has 0 bridgehead atoms. The first-order chi connectivity index (χ1) is 21.4. The summed E-state index contributed by atoms with van der Waals surface area (Å²) < 4.78 is 6.91. The van der Waals surface area contributed by atoms with Gasteiger partial charge < -0.3 is 9.13 Å². The van der Waals surface area contributed by atoms with Gasteiger partial charge in [0, 0.05) is 62.3 Å². The Kier molecular flexibility index (Phi) is 4.39. The van der Waals surface area contributed by atoms with E-state index < -0.39 is 0 Å². The van der Waals surface area contributed by atoms with Crippen molar-refractivity contribution in [3.8, 4) is 11.4 Å². The molecule has 5 aromatic heterocycles. The summed E-state index contributed by atoms with van der Waals surface area (Å²) in [4.78, 5) is 9.57. The standard InChI is InChI=1S/C38H23N5/c1-3-10-24(11-4-1)42-31-16-8-7-14-27(31)35-32(42)17-18-33-36(35)30-22-29-28(23-34(30)43(33)25-12-5-2-6-13-25)26-15-9-19-39-37(26)41-21-20-40-38(29)41/h1-23H. The monoisotopic (exact) mass is 549 g/mol. The molecule has 0 unspecified atom stereocenters. The number of nitrogens with zero attached hydrogens (tertiary/aromatic N) is 5. The van der Waals surface area contributed by atoms with Crippen molar-refractivity contribution >= 4 is 71.1 Å². The number of fused-ring (bicyclic) bond motifs is 13. The second kappa shape index (κ2) is 8.30. The van der Waals surface area contributed by atoms with Crippen molar-refractivity contribution in [1.29, 1.82) is 0 Å². The molecular weight excluding hydrogens is 526 g/mol. The quantitative estimate of drug-likeness (QED) is 0.202. The number of imidazole rings is 1. The lowest BCUT2D eigenvalue weighted by atomic mass is 10.0. The van der Waals surface area contributed by atoms with Crippen LogP contribution in [0.4, 0.5) is 0 Å². The summed E-state index contributed by atoms with van der Waals surface area (Å²) in [5.41, 5.74) is 8.87. The van der Waals surface area contributed by atoms with Crippen LogP contribution >= 0.6 is 0 Å². The van der Waals surface area contributed by atoms with Gasteiger partial charge in [-0.05, 0) is 72.1 Å². The molecule has 0 aliphatic heterocycles. The van der Waals surface area contributed by atoms with Crippen LogP contribution in [0.25, 0.3) is 82.4 Å². The van der Waals surface area contributed by atoms with Crippen LogP contribution in [0.3, 0.4) is 0 Å². The van der Waals surface area contributed by atoms with Gasteiger partial charge in [-0.1, -0.05) is 54.6 Å². The fourth-order valence-corrected chi connectivity index (χ4v) is 7.20. The van der Waals surface area contributed by atoms with Gasteiger partial charge in [0.25, 0.3) is 0 Å². The SMILES string of the molecule is c1ccc(-n2c3ccccc3c3c4c5cc6c(cc5n(-c5ccccc5)c4ccc32)c2cccnc2n2ccnc62)cc1. The fraction of sp³-hybridized carbons (Fsp3) is 0. The largest absolute Gasteiger partial charge is 0.309 e. The van der Waals surface area contributed by atoms with E-state index in [1.807, 2.05) is 24.7 Å². The summed E-state index contributed by atoms with van der Waals surface area (Å²) in [7, 11) is 0.